The normalized spacial score (nSPS) is 16.2. The van der Waals surface area contributed by atoms with E-state index in [2.05, 4.69) is 10.6 Å². The van der Waals surface area contributed by atoms with E-state index >= 15 is 0 Å². The van der Waals surface area contributed by atoms with Crippen LogP contribution in [0.3, 0.4) is 0 Å². The molecule has 1 heterocycles. The van der Waals surface area contributed by atoms with Crippen LogP contribution in [0.4, 0.5) is 23.7 Å². The molecule has 1 saturated heterocycles. The van der Waals surface area contributed by atoms with Crippen molar-refractivity contribution in [3.63, 3.8) is 0 Å². The summed E-state index contributed by atoms with van der Waals surface area (Å²) in [6, 6.07) is 3.74. The molecule has 1 fully saturated rings. The maximum Gasteiger partial charge on any atom is 0.418 e. The van der Waals surface area contributed by atoms with E-state index in [4.69, 9.17) is 0 Å². The van der Waals surface area contributed by atoms with E-state index in [-0.39, 0.29) is 24.7 Å². The Labute approximate surface area is 136 Å². The van der Waals surface area contributed by atoms with Gasteiger partial charge in [0.15, 0.2) is 0 Å². The van der Waals surface area contributed by atoms with Crippen LogP contribution in [0.15, 0.2) is 24.3 Å². The number of halogens is 3. The Balaban J connectivity index is 1.84. The number of alkyl halides is 3. The number of rotatable bonds is 5. The highest BCUT2D eigenvalue weighted by Gasteiger charge is 2.33. The lowest BCUT2D eigenvalue weighted by Crippen LogP contribution is -2.42. The number of carbonyl (C=O) groups excluding carboxylic acids is 2. The van der Waals surface area contributed by atoms with Gasteiger partial charge >= 0.3 is 12.2 Å². The molecule has 24 heavy (non-hydrogen) atoms. The smallest absolute Gasteiger partial charge is 0.389 e. The van der Waals surface area contributed by atoms with Gasteiger partial charge in [0.2, 0.25) is 5.91 Å². The van der Waals surface area contributed by atoms with E-state index in [0.717, 1.165) is 18.6 Å². The summed E-state index contributed by atoms with van der Waals surface area (Å²) in [7, 11) is 0. The predicted molar refractivity (Wildman–Crippen MR) is 80.3 cm³/mol. The number of likely N-dealkylation sites (tertiary alicyclic amines) is 1. The molecule has 132 valence electrons. The van der Waals surface area contributed by atoms with Crippen LogP contribution in [0.2, 0.25) is 0 Å². The molecule has 1 aromatic carbocycles. The average molecular weight is 345 g/mol. The minimum atomic E-state index is -4.58. The molecule has 0 aromatic heterocycles. The Morgan fingerprint density at radius 3 is 2.67 bits per heavy atom. The summed E-state index contributed by atoms with van der Waals surface area (Å²) in [6.07, 6.45) is -4.40. The Hall–Kier alpha value is -2.29. The SMILES string of the molecule is O=C(NCC(O)CN1CCCC1=O)Nc1ccccc1C(F)(F)F. The van der Waals surface area contributed by atoms with Gasteiger partial charge in [0.1, 0.15) is 0 Å². The number of para-hydroxylation sites is 1. The zero-order chi connectivity index (χ0) is 17.7. The molecule has 3 N–H and O–H groups in total. The van der Waals surface area contributed by atoms with Crippen LogP contribution in [0, 0.1) is 0 Å². The van der Waals surface area contributed by atoms with E-state index in [1.165, 1.54) is 17.0 Å². The first-order valence-electron chi connectivity index (χ1n) is 7.44. The predicted octanol–water partition coefficient (Wildman–Crippen LogP) is 1.81. The van der Waals surface area contributed by atoms with Gasteiger partial charge in [0, 0.05) is 26.1 Å². The van der Waals surface area contributed by atoms with Crippen LogP contribution in [0.5, 0.6) is 0 Å². The quantitative estimate of drug-likeness (QED) is 0.761. The number of hydrogen-bond acceptors (Lipinski definition) is 3. The molecule has 2 rings (SSSR count). The van der Waals surface area contributed by atoms with Gasteiger partial charge < -0.3 is 20.6 Å². The summed E-state index contributed by atoms with van der Waals surface area (Å²) >= 11 is 0. The first kappa shape index (κ1) is 18.1. The molecular weight excluding hydrogens is 327 g/mol. The van der Waals surface area contributed by atoms with Gasteiger partial charge in [-0.05, 0) is 18.6 Å². The van der Waals surface area contributed by atoms with Crippen molar-refractivity contribution >= 4 is 17.6 Å². The second kappa shape index (κ2) is 7.52. The fourth-order valence-electron chi connectivity index (χ4n) is 2.43. The number of hydrogen-bond donors (Lipinski definition) is 3. The van der Waals surface area contributed by atoms with Crippen molar-refractivity contribution in [1.82, 2.24) is 10.2 Å². The molecule has 1 aliphatic heterocycles. The zero-order valence-corrected chi connectivity index (χ0v) is 12.8. The highest BCUT2D eigenvalue weighted by Crippen LogP contribution is 2.34. The first-order chi connectivity index (χ1) is 11.3. The maximum absolute atomic E-state index is 12.8. The molecule has 3 amide bonds. The summed E-state index contributed by atoms with van der Waals surface area (Å²) in [4.78, 5) is 24.6. The molecule has 0 spiro atoms. The minimum Gasteiger partial charge on any atom is -0.389 e. The number of amides is 3. The van der Waals surface area contributed by atoms with Gasteiger partial charge in [-0.25, -0.2) is 4.79 Å². The second-order valence-corrected chi connectivity index (χ2v) is 5.48. The largest absolute Gasteiger partial charge is 0.418 e. The van der Waals surface area contributed by atoms with Crippen LogP contribution >= 0.6 is 0 Å². The standard InChI is InChI=1S/C15H18F3N3O3/c16-15(17,18)11-4-1-2-5-12(11)20-14(24)19-8-10(22)9-21-7-3-6-13(21)23/h1-2,4-5,10,22H,3,6-9H2,(H2,19,20,24). The lowest BCUT2D eigenvalue weighted by atomic mass is 10.1. The first-order valence-corrected chi connectivity index (χ1v) is 7.44. The number of anilines is 1. The summed E-state index contributed by atoms with van der Waals surface area (Å²) < 4.78 is 38.5. The van der Waals surface area contributed by atoms with Crippen molar-refractivity contribution in [1.29, 1.82) is 0 Å². The number of aliphatic hydroxyl groups is 1. The Bertz CT molecular complexity index is 607. The van der Waals surface area contributed by atoms with Gasteiger partial charge in [-0.15, -0.1) is 0 Å². The Morgan fingerprint density at radius 2 is 2.04 bits per heavy atom. The number of aliphatic hydroxyl groups excluding tert-OH is 1. The lowest BCUT2D eigenvalue weighted by molar-refractivity contribution is -0.137. The summed E-state index contributed by atoms with van der Waals surface area (Å²) in [5, 5.41) is 14.2. The third kappa shape index (κ3) is 4.85. The summed E-state index contributed by atoms with van der Waals surface area (Å²) in [5.74, 6) is -0.0578. The molecule has 0 saturated carbocycles. The van der Waals surface area contributed by atoms with E-state index < -0.39 is 23.9 Å². The number of urea groups is 1. The third-order valence-corrected chi connectivity index (χ3v) is 3.58. The highest BCUT2D eigenvalue weighted by atomic mass is 19.4. The second-order valence-electron chi connectivity index (χ2n) is 5.48. The van der Waals surface area contributed by atoms with Crippen molar-refractivity contribution in [3.05, 3.63) is 29.8 Å². The summed E-state index contributed by atoms with van der Waals surface area (Å²) in [6.45, 7) is 0.461. The van der Waals surface area contributed by atoms with E-state index in [1.54, 1.807) is 0 Å². The van der Waals surface area contributed by atoms with Crippen molar-refractivity contribution in [2.45, 2.75) is 25.1 Å². The zero-order valence-electron chi connectivity index (χ0n) is 12.8. The topological polar surface area (TPSA) is 81.7 Å². The number of carbonyl (C=O) groups is 2. The number of nitrogens with one attached hydrogen (secondary N) is 2. The fraction of sp³-hybridized carbons (Fsp3) is 0.467. The van der Waals surface area contributed by atoms with Crippen molar-refractivity contribution < 1.29 is 27.9 Å². The monoisotopic (exact) mass is 345 g/mol. The van der Waals surface area contributed by atoms with Gasteiger partial charge in [0.05, 0.1) is 17.4 Å². The minimum absolute atomic E-state index is 0.0578. The molecule has 9 heteroatoms. The van der Waals surface area contributed by atoms with Crippen LogP contribution in [0.25, 0.3) is 0 Å². The van der Waals surface area contributed by atoms with Crippen LogP contribution in [-0.2, 0) is 11.0 Å². The number of β-amino-alcohol motifs (C(OH)–C–C–N with tert-alkyl or cyclic N) is 1. The van der Waals surface area contributed by atoms with E-state index in [0.29, 0.717) is 13.0 Å². The number of benzene rings is 1. The van der Waals surface area contributed by atoms with Crippen molar-refractivity contribution in [2.75, 3.05) is 25.0 Å². The van der Waals surface area contributed by atoms with Crippen molar-refractivity contribution in [2.24, 2.45) is 0 Å². The molecule has 0 bridgehead atoms. The van der Waals surface area contributed by atoms with Crippen molar-refractivity contribution in [3.8, 4) is 0 Å². The lowest BCUT2D eigenvalue weighted by Gasteiger charge is -2.20. The third-order valence-electron chi connectivity index (χ3n) is 3.58. The summed E-state index contributed by atoms with van der Waals surface area (Å²) in [5.41, 5.74) is -1.32. The average Bonchev–Trinajstić information content (AvgIpc) is 2.90. The maximum atomic E-state index is 12.8. The fourth-order valence-corrected chi connectivity index (χ4v) is 2.43. The van der Waals surface area contributed by atoms with Gasteiger partial charge in [-0.2, -0.15) is 13.2 Å². The van der Waals surface area contributed by atoms with Gasteiger partial charge in [-0.3, -0.25) is 4.79 Å². The van der Waals surface area contributed by atoms with Crippen LogP contribution in [-0.4, -0.2) is 47.7 Å². The van der Waals surface area contributed by atoms with E-state index in [9.17, 15) is 27.9 Å². The Kier molecular flexibility index (Phi) is 5.66. The Morgan fingerprint density at radius 1 is 1.33 bits per heavy atom. The van der Waals surface area contributed by atoms with Gasteiger partial charge in [-0.1, -0.05) is 12.1 Å². The molecule has 1 atom stereocenters. The number of nitrogens with zero attached hydrogens (tertiary/aromatic N) is 1. The molecule has 1 aromatic rings. The molecule has 1 unspecified atom stereocenters. The van der Waals surface area contributed by atoms with Crippen LogP contribution in [0.1, 0.15) is 18.4 Å². The molecule has 6 nitrogen and oxygen atoms in total. The molecule has 0 radical (unpaired) electrons. The van der Waals surface area contributed by atoms with E-state index in [1.807, 2.05) is 0 Å². The highest BCUT2D eigenvalue weighted by molar-refractivity contribution is 5.90. The molecule has 1 aliphatic rings. The molecule has 0 aliphatic carbocycles. The van der Waals surface area contributed by atoms with Crippen LogP contribution < -0.4 is 10.6 Å². The van der Waals surface area contributed by atoms with Gasteiger partial charge in [0.25, 0.3) is 0 Å². The molecular formula is C15H18F3N3O3.